The van der Waals surface area contributed by atoms with Gasteiger partial charge >= 0.3 is 12.1 Å². The van der Waals surface area contributed by atoms with Gasteiger partial charge in [0, 0.05) is 18.7 Å². The Bertz CT molecular complexity index is 1680. The zero-order valence-electron chi connectivity index (χ0n) is 20.5. The second-order valence-electron chi connectivity index (χ2n) is 8.60. The largest absolute Gasteiger partial charge is 0.493 e. The van der Waals surface area contributed by atoms with Crippen molar-refractivity contribution in [1.29, 1.82) is 0 Å². The average molecular weight is 589 g/mol. The molecule has 0 saturated carbocycles. The van der Waals surface area contributed by atoms with E-state index in [-0.39, 0.29) is 39.8 Å². The molecule has 1 amide bonds. The average Bonchev–Trinajstić information content (AvgIpc) is 3.19. The summed E-state index contributed by atoms with van der Waals surface area (Å²) in [6.07, 6.45) is -4.90. The summed E-state index contributed by atoms with van der Waals surface area (Å²) in [7, 11) is 0. The van der Waals surface area contributed by atoms with Crippen molar-refractivity contribution in [3.63, 3.8) is 0 Å². The van der Waals surface area contributed by atoms with E-state index < -0.39 is 23.5 Å². The monoisotopic (exact) mass is 588 g/mol. The van der Waals surface area contributed by atoms with Gasteiger partial charge in [0.1, 0.15) is 5.82 Å². The summed E-state index contributed by atoms with van der Waals surface area (Å²) < 4.78 is 54.9. The van der Waals surface area contributed by atoms with Crippen LogP contribution < -0.4 is 5.32 Å². The standard InChI is InChI=1S/C28H20F4N2O4S2/c1-15(17-3-2-4-18(13-17)19-7-10-22(29)21(14-19)28(30,31)32)24-25(36)34(27(39)40-24)12-11-23(35)33-20-8-5-16(6-9-20)26(37)38/h2-10,13-14,36H,1,11-12H2,(H,33,35)(H,37,38). The van der Waals surface area contributed by atoms with E-state index in [2.05, 4.69) is 11.9 Å². The molecule has 0 radical (unpaired) electrons. The summed E-state index contributed by atoms with van der Waals surface area (Å²) in [5.74, 6) is -3.06. The summed E-state index contributed by atoms with van der Waals surface area (Å²) in [5, 5.41) is 22.5. The molecule has 206 valence electrons. The number of hydrogen-bond acceptors (Lipinski definition) is 5. The van der Waals surface area contributed by atoms with Gasteiger partial charge in [-0.2, -0.15) is 13.2 Å². The second kappa shape index (κ2) is 11.4. The molecule has 0 aliphatic rings. The Kier molecular flexibility index (Phi) is 8.21. The lowest BCUT2D eigenvalue weighted by Crippen LogP contribution is -2.14. The van der Waals surface area contributed by atoms with Gasteiger partial charge in [-0.1, -0.05) is 30.8 Å². The van der Waals surface area contributed by atoms with Gasteiger partial charge in [0.2, 0.25) is 11.8 Å². The zero-order valence-corrected chi connectivity index (χ0v) is 22.1. The number of rotatable bonds is 8. The molecule has 4 aromatic rings. The Morgan fingerprint density at radius 3 is 2.33 bits per heavy atom. The maximum absolute atomic E-state index is 13.7. The van der Waals surface area contributed by atoms with Crippen molar-refractivity contribution in [3.05, 3.63) is 105 Å². The Morgan fingerprint density at radius 2 is 1.68 bits per heavy atom. The number of carboxylic acid groups (broad SMARTS) is 1. The van der Waals surface area contributed by atoms with Crippen LogP contribution in [0.2, 0.25) is 0 Å². The molecule has 4 rings (SSSR count). The zero-order chi connectivity index (χ0) is 29.2. The number of aromatic carboxylic acids is 1. The first kappa shape index (κ1) is 28.7. The highest BCUT2D eigenvalue weighted by Gasteiger charge is 2.34. The minimum absolute atomic E-state index is 0.0450. The first-order valence-corrected chi connectivity index (χ1v) is 12.8. The number of hydrogen-bond donors (Lipinski definition) is 3. The van der Waals surface area contributed by atoms with E-state index in [1.165, 1.54) is 34.9 Å². The smallest absolute Gasteiger partial charge is 0.419 e. The number of aromatic hydroxyl groups is 1. The lowest BCUT2D eigenvalue weighted by molar-refractivity contribution is -0.140. The number of nitrogens with zero attached hydrogens (tertiary/aromatic N) is 1. The summed E-state index contributed by atoms with van der Waals surface area (Å²) in [6.45, 7) is 4.06. The lowest BCUT2D eigenvalue weighted by atomic mass is 9.97. The number of carboxylic acids is 1. The van der Waals surface area contributed by atoms with Crippen molar-refractivity contribution < 1.29 is 37.4 Å². The molecule has 1 heterocycles. The maximum atomic E-state index is 13.7. The van der Waals surface area contributed by atoms with Crippen LogP contribution in [0.15, 0.2) is 73.3 Å². The molecule has 0 spiro atoms. The number of anilines is 1. The van der Waals surface area contributed by atoms with Crippen LogP contribution in [0.1, 0.15) is 32.8 Å². The Hall–Kier alpha value is -4.29. The molecule has 3 aromatic carbocycles. The van der Waals surface area contributed by atoms with E-state index >= 15 is 0 Å². The molecule has 0 fully saturated rings. The predicted octanol–water partition coefficient (Wildman–Crippen LogP) is 7.60. The quantitative estimate of drug-likeness (QED) is 0.146. The number of amides is 1. The SMILES string of the molecule is C=C(c1cccc(-c2ccc(F)c(C(F)(F)F)c2)c1)c1sc(=S)n(CCC(=O)Nc2ccc(C(=O)O)cc2)c1O. The van der Waals surface area contributed by atoms with Gasteiger partial charge in [0.25, 0.3) is 0 Å². The van der Waals surface area contributed by atoms with E-state index in [1.807, 2.05) is 0 Å². The van der Waals surface area contributed by atoms with Gasteiger partial charge in [-0.05, 0) is 76.9 Å². The molecule has 0 atom stereocenters. The van der Waals surface area contributed by atoms with Crippen LogP contribution in [0.25, 0.3) is 16.7 Å². The van der Waals surface area contributed by atoms with Crippen LogP contribution in [0.3, 0.4) is 0 Å². The number of nitrogens with one attached hydrogen (secondary N) is 1. The van der Waals surface area contributed by atoms with Gasteiger partial charge in [0.05, 0.1) is 16.0 Å². The minimum atomic E-state index is -4.85. The summed E-state index contributed by atoms with van der Waals surface area (Å²) in [6, 6.07) is 14.8. The molecule has 3 N–H and O–H groups in total. The Balaban J connectivity index is 1.50. The normalized spacial score (nSPS) is 11.3. The summed E-state index contributed by atoms with van der Waals surface area (Å²) in [5.41, 5.74) is 0.511. The van der Waals surface area contributed by atoms with Crippen molar-refractivity contribution in [2.45, 2.75) is 19.1 Å². The third-order valence-electron chi connectivity index (χ3n) is 5.94. The van der Waals surface area contributed by atoms with E-state index in [4.69, 9.17) is 17.3 Å². The van der Waals surface area contributed by atoms with E-state index in [0.29, 0.717) is 27.3 Å². The van der Waals surface area contributed by atoms with Crippen molar-refractivity contribution in [2.75, 3.05) is 5.32 Å². The number of benzene rings is 3. The Morgan fingerprint density at radius 1 is 1.00 bits per heavy atom. The third-order valence-corrected chi connectivity index (χ3v) is 7.44. The molecule has 0 bridgehead atoms. The van der Waals surface area contributed by atoms with Crippen molar-refractivity contribution in [1.82, 2.24) is 4.57 Å². The summed E-state index contributed by atoms with van der Waals surface area (Å²) >= 11 is 6.42. The molecule has 6 nitrogen and oxygen atoms in total. The second-order valence-corrected chi connectivity index (χ2v) is 10.2. The Labute approximate surface area is 234 Å². The van der Waals surface area contributed by atoms with Crippen LogP contribution in [0.4, 0.5) is 23.2 Å². The van der Waals surface area contributed by atoms with Crippen LogP contribution >= 0.6 is 23.6 Å². The fraction of sp³-hybridized carbons (Fsp3) is 0.107. The molecule has 40 heavy (non-hydrogen) atoms. The van der Waals surface area contributed by atoms with Crippen LogP contribution in [-0.2, 0) is 17.5 Å². The number of aromatic nitrogens is 1. The van der Waals surface area contributed by atoms with Gasteiger partial charge in [-0.3, -0.25) is 9.36 Å². The van der Waals surface area contributed by atoms with Gasteiger partial charge in [0.15, 0.2) is 3.95 Å². The number of carbonyl (C=O) groups is 2. The van der Waals surface area contributed by atoms with Crippen molar-refractivity contribution in [3.8, 4) is 17.0 Å². The van der Waals surface area contributed by atoms with Gasteiger partial charge in [-0.15, -0.1) is 11.3 Å². The van der Waals surface area contributed by atoms with Crippen LogP contribution in [0, 0.1) is 9.77 Å². The van der Waals surface area contributed by atoms with Crippen LogP contribution in [0.5, 0.6) is 5.88 Å². The molecule has 0 unspecified atom stereocenters. The molecular formula is C28H20F4N2O4S2. The first-order chi connectivity index (χ1) is 18.8. The maximum Gasteiger partial charge on any atom is 0.419 e. The molecular weight excluding hydrogens is 568 g/mol. The van der Waals surface area contributed by atoms with Gasteiger partial charge in [-0.25, -0.2) is 9.18 Å². The molecule has 0 aliphatic heterocycles. The van der Waals surface area contributed by atoms with Crippen LogP contribution in [-0.4, -0.2) is 26.7 Å². The minimum Gasteiger partial charge on any atom is -0.493 e. The van der Waals surface area contributed by atoms with Crippen molar-refractivity contribution in [2.24, 2.45) is 0 Å². The van der Waals surface area contributed by atoms with E-state index in [1.54, 1.807) is 24.3 Å². The number of carbonyl (C=O) groups excluding carboxylic acids is 1. The molecule has 0 saturated heterocycles. The molecule has 0 aliphatic carbocycles. The highest BCUT2D eigenvalue weighted by molar-refractivity contribution is 7.73. The topological polar surface area (TPSA) is 91.6 Å². The molecule has 1 aromatic heterocycles. The van der Waals surface area contributed by atoms with E-state index in [0.717, 1.165) is 23.5 Å². The highest BCUT2D eigenvalue weighted by Crippen LogP contribution is 2.38. The predicted molar refractivity (Wildman–Crippen MR) is 146 cm³/mol. The first-order valence-electron chi connectivity index (χ1n) is 11.6. The number of thiazole rings is 1. The van der Waals surface area contributed by atoms with E-state index in [9.17, 15) is 32.3 Å². The fourth-order valence-corrected chi connectivity index (χ4v) is 5.20. The fourth-order valence-electron chi connectivity index (χ4n) is 3.86. The molecule has 12 heteroatoms. The third kappa shape index (κ3) is 6.29. The lowest BCUT2D eigenvalue weighted by Gasteiger charge is -2.12. The van der Waals surface area contributed by atoms with Crippen molar-refractivity contribution >= 4 is 46.7 Å². The van der Waals surface area contributed by atoms with Gasteiger partial charge < -0.3 is 15.5 Å². The number of alkyl halides is 3. The summed E-state index contributed by atoms with van der Waals surface area (Å²) in [4.78, 5) is 23.7. The highest BCUT2D eigenvalue weighted by atomic mass is 32.1. The number of halogens is 4.